The molecule has 0 aliphatic carbocycles. The van der Waals surface area contributed by atoms with Gasteiger partial charge in [0.2, 0.25) is 0 Å². The molecule has 0 aliphatic heterocycles. The van der Waals surface area contributed by atoms with E-state index in [-0.39, 0.29) is 0 Å². The summed E-state index contributed by atoms with van der Waals surface area (Å²) in [5, 5.41) is 12.0. The van der Waals surface area contributed by atoms with Crippen LogP contribution in [0, 0.1) is 0 Å². The molecule has 21 aromatic rings. The van der Waals surface area contributed by atoms with E-state index in [1.54, 1.807) is 0 Å². The highest BCUT2D eigenvalue weighted by Crippen LogP contribution is 2.47. The zero-order valence-electron chi connectivity index (χ0n) is 61.3. The molecule has 0 aliphatic rings. The van der Waals surface area contributed by atoms with Gasteiger partial charge in [-0.25, -0.2) is 0 Å². The molecule has 0 radical (unpaired) electrons. The molecular weight excluding hydrogens is 1360 g/mol. The van der Waals surface area contributed by atoms with Crippen LogP contribution < -0.4 is 9.80 Å². The summed E-state index contributed by atoms with van der Waals surface area (Å²) >= 11 is 0. The molecule has 0 spiro atoms. The maximum atomic E-state index is 6.72. The van der Waals surface area contributed by atoms with Crippen LogP contribution in [0.3, 0.4) is 0 Å². The maximum Gasteiger partial charge on any atom is 0.143 e. The minimum Gasteiger partial charge on any atom is -0.455 e. The number of nitrogens with zero attached hydrogens (tertiary/aromatic N) is 2. The monoisotopic (exact) mass is 1430 g/mol. The van der Waals surface area contributed by atoms with E-state index in [1.807, 2.05) is 12.1 Å². The summed E-state index contributed by atoms with van der Waals surface area (Å²) in [5.74, 6) is 0. The van der Waals surface area contributed by atoms with E-state index in [2.05, 4.69) is 434 Å². The molecule has 0 fully saturated rings. The van der Waals surface area contributed by atoms with Gasteiger partial charge in [-0.2, -0.15) is 0 Å². The number of furan rings is 2. The van der Waals surface area contributed by atoms with Crippen LogP contribution in [0.1, 0.15) is 0 Å². The predicted octanol–water partition coefficient (Wildman–Crippen LogP) is 30.9. The summed E-state index contributed by atoms with van der Waals surface area (Å²) in [6.45, 7) is 0. The van der Waals surface area contributed by atoms with E-state index in [9.17, 15) is 0 Å². The Morgan fingerprint density at radius 2 is 0.393 bits per heavy atom. The molecule has 0 saturated heterocycles. The van der Waals surface area contributed by atoms with Gasteiger partial charge in [0, 0.05) is 77.6 Å². The Labute approximate surface area is 650 Å². The Morgan fingerprint density at radius 1 is 0.143 bits per heavy atom. The predicted molar refractivity (Wildman–Crippen MR) is 473 cm³/mol. The lowest BCUT2D eigenvalue weighted by atomic mass is 9.97. The molecule has 112 heavy (non-hydrogen) atoms. The average Bonchev–Trinajstić information content (AvgIpc) is 1.69. The molecule has 2 aromatic heterocycles. The Morgan fingerprint density at radius 3 is 0.821 bits per heavy atom. The molecule has 4 heteroatoms. The number of benzene rings is 19. The first-order chi connectivity index (χ1) is 55.5. The fourth-order valence-corrected chi connectivity index (χ4v) is 16.4. The zero-order chi connectivity index (χ0) is 74.3. The minimum atomic E-state index is 0.913. The van der Waals surface area contributed by atoms with Gasteiger partial charge in [-0.1, -0.05) is 370 Å². The molecule has 0 atom stereocenters. The van der Waals surface area contributed by atoms with E-state index < -0.39 is 0 Å². The highest BCUT2D eigenvalue weighted by atomic mass is 16.3. The van der Waals surface area contributed by atoms with Gasteiger partial charge in [0.05, 0.1) is 5.69 Å². The van der Waals surface area contributed by atoms with Crippen molar-refractivity contribution in [2.75, 3.05) is 9.80 Å². The molecule has 19 aromatic carbocycles. The fourth-order valence-electron chi connectivity index (χ4n) is 16.4. The van der Waals surface area contributed by atoms with Gasteiger partial charge in [-0.05, 0) is 160 Å². The molecule has 2 heterocycles. The Kier molecular flexibility index (Phi) is 17.3. The second-order valence-electron chi connectivity index (χ2n) is 28.6. The summed E-state index contributed by atoms with van der Waals surface area (Å²) in [6.07, 6.45) is 0. The van der Waals surface area contributed by atoms with Crippen molar-refractivity contribution in [1.29, 1.82) is 0 Å². The van der Waals surface area contributed by atoms with Crippen LogP contribution in [0.5, 0.6) is 0 Å². The summed E-state index contributed by atoms with van der Waals surface area (Å²) in [6, 6.07) is 156. The van der Waals surface area contributed by atoms with Crippen molar-refractivity contribution in [1.82, 2.24) is 0 Å². The highest BCUT2D eigenvalue weighted by Gasteiger charge is 2.22. The van der Waals surface area contributed by atoms with E-state index in [0.29, 0.717) is 0 Å². The molecule has 0 unspecified atom stereocenters. The van der Waals surface area contributed by atoms with E-state index in [0.717, 1.165) is 134 Å². The number of fused-ring (bicyclic) bond motifs is 10. The summed E-state index contributed by atoms with van der Waals surface area (Å²) in [7, 11) is 0. The van der Waals surface area contributed by atoms with Gasteiger partial charge < -0.3 is 18.6 Å². The smallest absolute Gasteiger partial charge is 0.143 e. The van der Waals surface area contributed by atoms with Gasteiger partial charge in [0.25, 0.3) is 0 Å². The molecule has 526 valence electrons. The molecular formula is C108H72N2O2. The van der Waals surface area contributed by atoms with Crippen LogP contribution in [0.25, 0.3) is 165 Å². The van der Waals surface area contributed by atoms with Gasteiger partial charge in [0.15, 0.2) is 0 Å². The SMILES string of the molecule is c1ccc(-c2ccc(N(c3ccc(-c4ccc(-c5cccc6c5oc5c(-c7ccccc7)cccc56)cc4)cc3)c3cc4ccccc4c4ccccc34)cc2)cc1.c1ccc(-c2cccc3c2oc2c(-c4ccc(-c5ccc(N(c6ccccc6)c6ccc(-c7cccc8ccccc78)cc6)cc5)cc4)cccc23)cc1. The van der Waals surface area contributed by atoms with Crippen LogP contribution in [-0.2, 0) is 0 Å². The van der Waals surface area contributed by atoms with Crippen molar-refractivity contribution in [3.8, 4) is 89.0 Å². The van der Waals surface area contributed by atoms with Gasteiger partial charge >= 0.3 is 0 Å². The minimum absolute atomic E-state index is 0.913. The van der Waals surface area contributed by atoms with Crippen LogP contribution in [-0.4, -0.2) is 0 Å². The van der Waals surface area contributed by atoms with Crippen molar-refractivity contribution < 1.29 is 8.83 Å². The first-order valence-corrected chi connectivity index (χ1v) is 38.3. The second-order valence-corrected chi connectivity index (χ2v) is 28.6. The largest absolute Gasteiger partial charge is 0.455 e. The van der Waals surface area contributed by atoms with Crippen molar-refractivity contribution in [2.24, 2.45) is 0 Å². The molecule has 0 amide bonds. The fraction of sp³-hybridized carbons (Fsp3) is 0. The maximum absolute atomic E-state index is 6.72. The normalized spacial score (nSPS) is 11.4. The number of anilines is 6. The zero-order valence-corrected chi connectivity index (χ0v) is 61.3. The third-order valence-corrected chi connectivity index (χ3v) is 22.0. The Bertz CT molecular complexity index is 6970. The number of para-hydroxylation sites is 5. The van der Waals surface area contributed by atoms with Crippen LogP contribution in [0.2, 0.25) is 0 Å². The standard InChI is InChI=1S/C56H37NO.C52H35NO/c1-3-13-38(14-4-1)40-29-33-45(34-30-40)57(54-37-44-17-7-8-18-47(44)50-19-9-10-20-51(50)54)46-35-31-41(32-36-46)39-25-27-43(28-26-39)49-22-12-24-53-52-23-11-21-48(55(52)58-56(49)53)42-15-5-2-6-16-42;1-3-12-39(13-4-1)47-20-10-22-49-50-23-11-21-48(52(50)54-51(47)49)41-26-24-36(25-27-41)37-28-32-43(33-29-37)53(42-16-5-2-6-17-42)44-34-30-40(31-35-44)46-19-9-15-38-14-7-8-18-45(38)46/h1-37H;1-35H. The number of rotatable bonds is 14. The number of hydrogen-bond acceptors (Lipinski definition) is 4. The Hall–Kier alpha value is -14.8. The van der Waals surface area contributed by atoms with E-state index in [1.165, 1.54) is 65.7 Å². The van der Waals surface area contributed by atoms with Crippen LogP contribution >= 0.6 is 0 Å². The lowest BCUT2D eigenvalue weighted by molar-refractivity contribution is 0.670. The second kappa shape index (κ2) is 29.0. The van der Waals surface area contributed by atoms with Crippen LogP contribution in [0.4, 0.5) is 34.1 Å². The molecule has 0 bridgehead atoms. The van der Waals surface area contributed by atoms with Gasteiger partial charge in [0.1, 0.15) is 22.3 Å². The lowest BCUT2D eigenvalue weighted by Gasteiger charge is -2.28. The van der Waals surface area contributed by atoms with E-state index >= 15 is 0 Å². The lowest BCUT2D eigenvalue weighted by Crippen LogP contribution is -2.10. The molecule has 4 nitrogen and oxygen atoms in total. The molecule has 0 N–H and O–H groups in total. The highest BCUT2D eigenvalue weighted by molar-refractivity contribution is 6.16. The summed E-state index contributed by atoms with van der Waals surface area (Å²) in [4.78, 5) is 4.71. The average molecular weight is 1430 g/mol. The summed E-state index contributed by atoms with van der Waals surface area (Å²) in [5.41, 5.74) is 28.8. The van der Waals surface area contributed by atoms with E-state index in [4.69, 9.17) is 8.83 Å². The van der Waals surface area contributed by atoms with Crippen molar-refractivity contribution in [3.63, 3.8) is 0 Å². The quantitative estimate of drug-likeness (QED) is 0.102. The third kappa shape index (κ3) is 12.5. The first-order valence-electron chi connectivity index (χ1n) is 38.3. The Balaban J connectivity index is 0.000000146. The van der Waals surface area contributed by atoms with Crippen molar-refractivity contribution >= 4 is 110 Å². The first kappa shape index (κ1) is 66.6. The van der Waals surface area contributed by atoms with Crippen molar-refractivity contribution in [2.45, 2.75) is 0 Å². The molecule has 21 rings (SSSR count). The summed E-state index contributed by atoms with van der Waals surface area (Å²) < 4.78 is 13.4. The molecule has 0 saturated carbocycles. The van der Waals surface area contributed by atoms with Crippen LogP contribution in [0.15, 0.2) is 446 Å². The number of hydrogen-bond donors (Lipinski definition) is 0. The third-order valence-electron chi connectivity index (χ3n) is 22.0. The van der Waals surface area contributed by atoms with Crippen molar-refractivity contribution in [3.05, 3.63) is 437 Å². The van der Waals surface area contributed by atoms with Gasteiger partial charge in [-0.15, -0.1) is 0 Å². The topological polar surface area (TPSA) is 32.8 Å². The van der Waals surface area contributed by atoms with Gasteiger partial charge in [-0.3, -0.25) is 0 Å².